The van der Waals surface area contributed by atoms with Gasteiger partial charge in [0, 0.05) is 6.54 Å². The zero-order valence-electron chi connectivity index (χ0n) is 10.7. The average molecular weight is 243 g/mol. The molecule has 1 unspecified atom stereocenters. The smallest absolute Gasteiger partial charge is 0.233 e. The van der Waals surface area contributed by atoms with Crippen LogP contribution >= 0.6 is 12.6 Å². The summed E-state index contributed by atoms with van der Waals surface area (Å²) in [7, 11) is 0. The number of carbonyl (C=O) groups excluding carboxylic acids is 1. The standard InChI is InChI=1S/C13H25NOS/c1-9(2)12(16)13(15)14-8-11-6-4-10(3)5-7-11/h9-12,16H,4-8H2,1-3H3,(H,14,15). The van der Waals surface area contributed by atoms with Gasteiger partial charge in [0.05, 0.1) is 5.25 Å². The maximum absolute atomic E-state index is 11.7. The molecule has 0 saturated heterocycles. The van der Waals surface area contributed by atoms with Crippen molar-refractivity contribution in [1.29, 1.82) is 0 Å². The maximum Gasteiger partial charge on any atom is 0.233 e. The minimum atomic E-state index is -0.164. The highest BCUT2D eigenvalue weighted by molar-refractivity contribution is 7.81. The molecule has 1 N–H and O–H groups in total. The third-order valence-corrected chi connectivity index (χ3v) is 4.43. The third kappa shape index (κ3) is 4.36. The van der Waals surface area contributed by atoms with Gasteiger partial charge < -0.3 is 5.32 Å². The molecule has 1 aliphatic carbocycles. The molecule has 0 aromatic heterocycles. The van der Waals surface area contributed by atoms with Gasteiger partial charge in [0.25, 0.3) is 0 Å². The van der Waals surface area contributed by atoms with E-state index in [-0.39, 0.29) is 11.2 Å². The van der Waals surface area contributed by atoms with Crippen LogP contribution in [0.5, 0.6) is 0 Å². The summed E-state index contributed by atoms with van der Waals surface area (Å²) in [6.07, 6.45) is 5.16. The maximum atomic E-state index is 11.7. The number of hydrogen-bond acceptors (Lipinski definition) is 2. The van der Waals surface area contributed by atoms with E-state index in [2.05, 4.69) is 24.9 Å². The van der Waals surface area contributed by atoms with E-state index in [9.17, 15) is 4.79 Å². The Morgan fingerprint density at radius 1 is 1.31 bits per heavy atom. The Hall–Kier alpha value is -0.180. The number of rotatable bonds is 4. The van der Waals surface area contributed by atoms with Crippen molar-refractivity contribution in [2.24, 2.45) is 17.8 Å². The second-order valence-corrected chi connectivity index (χ2v) is 6.12. The first kappa shape index (κ1) is 13.9. The molecule has 1 rings (SSSR count). The summed E-state index contributed by atoms with van der Waals surface area (Å²) in [5.74, 6) is 1.96. The highest BCUT2D eigenvalue weighted by atomic mass is 32.1. The molecule has 16 heavy (non-hydrogen) atoms. The quantitative estimate of drug-likeness (QED) is 0.730. The normalized spacial score (nSPS) is 27.8. The molecule has 1 amide bonds. The van der Waals surface area contributed by atoms with Crippen molar-refractivity contribution >= 4 is 18.5 Å². The predicted octanol–water partition coefficient (Wildman–Crippen LogP) is 2.88. The second-order valence-electron chi connectivity index (χ2n) is 5.56. The molecular weight excluding hydrogens is 218 g/mol. The summed E-state index contributed by atoms with van der Waals surface area (Å²) in [6.45, 7) is 7.21. The van der Waals surface area contributed by atoms with Crippen molar-refractivity contribution in [2.75, 3.05) is 6.54 Å². The Balaban J connectivity index is 2.22. The summed E-state index contributed by atoms with van der Waals surface area (Å²) in [5, 5.41) is 2.87. The molecule has 0 aromatic carbocycles. The molecule has 0 spiro atoms. The monoisotopic (exact) mass is 243 g/mol. The van der Waals surface area contributed by atoms with Crippen molar-refractivity contribution in [1.82, 2.24) is 5.32 Å². The van der Waals surface area contributed by atoms with Gasteiger partial charge in [-0.2, -0.15) is 12.6 Å². The fourth-order valence-electron chi connectivity index (χ4n) is 2.19. The number of amides is 1. The zero-order valence-corrected chi connectivity index (χ0v) is 11.6. The minimum Gasteiger partial charge on any atom is -0.355 e. The van der Waals surface area contributed by atoms with Crippen LogP contribution in [0.2, 0.25) is 0 Å². The van der Waals surface area contributed by atoms with Crippen LogP contribution in [0.25, 0.3) is 0 Å². The lowest BCUT2D eigenvalue weighted by molar-refractivity contribution is -0.121. The number of hydrogen-bond donors (Lipinski definition) is 2. The van der Waals surface area contributed by atoms with Crippen LogP contribution < -0.4 is 5.32 Å². The summed E-state index contributed by atoms with van der Waals surface area (Å²) < 4.78 is 0. The Morgan fingerprint density at radius 2 is 1.88 bits per heavy atom. The van der Waals surface area contributed by atoms with Gasteiger partial charge in [-0.15, -0.1) is 0 Å². The van der Waals surface area contributed by atoms with Gasteiger partial charge in [0.2, 0.25) is 5.91 Å². The lowest BCUT2D eigenvalue weighted by Gasteiger charge is -2.26. The number of thiol groups is 1. The van der Waals surface area contributed by atoms with Crippen molar-refractivity contribution in [3.63, 3.8) is 0 Å². The van der Waals surface area contributed by atoms with E-state index in [1.165, 1.54) is 25.7 Å². The molecule has 0 aliphatic heterocycles. The third-order valence-electron chi connectivity index (χ3n) is 3.60. The van der Waals surface area contributed by atoms with E-state index >= 15 is 0 Å². The summed E-state index contributed by atoms with van der Waals surface area (Å²) in [4.78, 5) is 11.7. The van der Waals surface area contributed by atoms with Gasteiger partial charge in [-0.1, -0.05) is 33.6 Å². The second kappa shape index (κ2) is 6.53. The van der Waals surface area contributed by atoms with Gasteiger partial charge in [0.15, 0.2) is 0 Å². The highest BCUT2D eigenvalue weighted by Gasteiger charge is 2.21. The van der Waals surface area contributed by atoms with E-state index in [0.717, 1.165) is 12.5 Å². The number of carbonyl (C=O) groups is 1. The molecule has 0 heterocycles. The van der Waals surface area contributed by atoms with Crippen molar-refractivity contribution in [3.8, 4) is 0 Å². The molecule has 1 fully saturated rings. The van der Waals surface area contributed by atoms with Gasteiger partial charge in [-0.25, -0.2) is 0 Å². The SMILES string of the molecule is CC1CCC(CNC(=O)C(S)C(C)C)CC1. The molecule has 2 nitrogen and oxygen atoms in total. The van der Waals surface area contributed by atoms with Crippen molar-refractivity contribution < 1.29 is 4.79 Å². The Morgan fingerprint density at radius 3 is 2.38 bits per heavy atom. The van der Waals surface area contributed by atoms with Gasteiger partial charge in [-0.05, 0) is 30.6 Å². The largest absolute Gasteiger partial charge is 0.355 e. The Bertz CT molecular complexity index is 222. The van der Waals surface area contributed by atoms with Gasteiger partial charge >= 0.3 is 0 Å². The van der Waals surface area contributed by atoms with Crippen LogP contribution in [0.1, 0.15) is 46.5 Å². The fraction of sp³-hybridized carbons (Fsp3) is 0.923. The van der Waals surface area contributed by atoms with Gasteiger partial charge in [-0.3, -0.25) is 4.79 Å². The molecule has 1 saturated carbocycles. The van der Waals surface area contributed by atoms with Gasteiger partial charge in [0.1, 0.15) is 0 Å². The summed E-state index contributed by atoms with van der Waals surface area (Å²) in [6, 6.07) is 0. The fourth-order valence-corrected chi connectivity index (χ4v) is 2.28. The molecule has 0 aromatic rings. The van der Waals surface area contributed by atoms with E-state index in [4.69, 9.17) is 0 Å². The molecular formula is C13H25NOS. The van der Waals surface area contributed by atoms with E-state index in [1.807, 2.05) is 13.8 Å². The number of nitrogens with one attached hydrogen (secondary N) is 1. The van der Waals surface area contributed by atoms with E-state index in [1.54, 1.807) is 0 Å². The Labute approximate surface area is 105 Å². The van der Waals surface area contributed by atoms with Crippen LogP contribution in [0.15, 0.2) is 0 Å². The molecule has 3 heteroatoms. The minimum absolute atomic E-state index is 0.0944. The van der Waals surface area contributed by atoms with Crippen LogP contribution in [0.4, 0.5) is 0 Å². The van der Waals surface area contributed by atoms with Crippen LogP contribution in [0, 0.1) is 17.8 Å². The lowest BCUT2D eigenvalue weighted by Crippen LogP contribution is -2.38. The molecule has 1 atom stereocenters. The van der Waals surface area contributed by atoms with Crippen LogP contribution in [-0.2, 0) is 4.79 Å². The molecule has 0 bridgehead atoms. The molecule has 0 radical (unpaired) electrons. The first-order valence-corrected chi connectivity index (χ1v) is 6.98. The molecule has 1 aliphatic rings. The molecule has 94 valence electrons. The first-order chi connectivity index (χ1) is 7.50. The zero-order chi connectivity index (χ0) is 12.1. The lowest BCUT2D eigenvalue weighted by atomic mass is 9.83. The van der Waals surface area contributed by atoms with E-state index in [0.29, 0.717) is 11.8 Å². The van der Waals surface area contributed by atoms with Crippen molar-refractivity contribution in [3.05, 3.63) is 0 Å². The van der Waals surface area contributed by atoms with Crippen LogP contribution in [0.3, 0.4) is 0 Å². The van der Waals surface area contributed by atoms with Crippen LogP contribution in [-0.4, -0.2) is 17.7 Å². The predicted molar refractivity (Wildman–Crippen MR) is 71.7 cm³/mol. The summed E-state index contributed by atoms with van der Waals surface area (Å²) >= 11 is 4.32. The highest BCUT2D eigenvalue weighted by Crippen LogP contribution is 2.27. The first-order valence-electron chi connectivity index (χ1n) is 6.46. The van der Waals surface area contributed by atoms with E-state index < -0.39 is 0 Å². The topological polar surface area (TPSA) is 29.1 Å². The van der Waals surface area contributed by atoms with Crippen molar-refractivity contribution in [2.45, 2.75) is 51.7 Å². The summed E-state index contributed by atoms with van der Waals surface area (Å²) in [5.41, 5.74) is 0. The Kier molecular flexibility index (Phi) is 5.67. The average Bonchev–Trinajstić information content (AvgIpc) is 2.26.